The minimum absolute atomic E-state index is 0.521. The summed E-state index contributed by atoms with van der Waals surface area (Å²) in [7, 11) is 0. The van der Waals surface area contributed by atoms with Crippen LogP contribution in [-0.4, -0.2) is 0 Å². The molecule has 0 aromatic heterocycles. The highest BCUT2D eigenvalue weighted by atomic mass is 15.1. The first-order valence-electron chi connectivity index (χ1n) is 22.2. The fraction of sp³-hybridized carbons (Fsp3) is 0.0159. The molecule has 0 aliphatic heterocycles. The molecule has 12 rings (SSSR count). The first kappa shape index (κ1) is 37.5. The van der Waals surface area contributed by atoms with E-state index >= 15 is 0 Å². The number of anilines is 3. The lowest BCUT2D eigenvalue weighted by Gasteiger charge is -2.34. The molecule has 300 valence electrons. The predicted octanol–water partition coefficient (Wildman–Crippen LogP) is 16.8. The molecule has 0 fully saturated rings. The summed E-state index contributed by atoms with van der Waals surface area (Å²) >= 11 is 0. The monoisotopic (exact) mass is 813 g/mol. The van der Waals surface area contributed by atoms with Crippen LogP contribution in [0, 0.1) is 0 Å². The van der Waals surface area contributed by atoms with Gasteiger partial charge in [0.05, 0.1) is 16.8 Å². The van der Waals surface area contributed by atoms with Crippen molar-refractivity contribution in [2.24, 2.45) is 0 Å². The second kappa shape index (κ2) is 15.6. The van der Waals surface area contributed by atoms with E-state index in [-0.39, 0.29) is 0 Å². The summed E-state index contributed by atoms with van der Waals surface area (Å²) in [4.78, 5) is 2.50. The predicted molar refractivity (Wildman–Crippen MR) is 270 cm³/mol. The van der Waals surface area contributed by atoms with Crippen molar-refractivity contribution in [3.8, 4) is 44.5 Å². The third kappa shape index (κ3) is 6.08. The molecule has 0 radical (unpaired) electrons. The molecule has 11 aromatic rings. The van der Waals surface area contributed by atoms with Crippen molar-refractivity contribution >= 4 is 38.6 Å². The van der Waals surface area contributed by atoms with E-state index in [1.165, 1.54) is 77.2 Å². The van der Waals surface area contributed by atoms with Crippen molar-refractivity contribution < 1.29 is 0 Å². The van der Waals surface area contributed by atoms with Gasteiger partial charge in [0, 0.05) is 16.8 Å². The zero-order chi connectivity index (χ0) is 42.5. The average molecular weight is 814 g/mol. The van der Waals surface area contributed by atoms with Crippen molar-refractivity contribution in [2.45, 2.75) is 5.41 Å². The number of nitrogens with zero attached hydrogens (tertiary/aromatic N) is 1. The average Bonchev–Trinajstić information content (AvgIpc) is 3.69. The second-order valence-electron chi connectivity index (χ2n) is 16.8. The van der Waals surface area contributed by atoms with Crippen LogP contribution in [0.25, 0.3) is 66.1 Å². The maximum absolute atomic E-state index is 2.50. The summed E-state index contributed by atoms with van der Waals surface area (Å²) in [6, 6.07) is 95.9. The van der Waals surface area contributed by atoms with Crippen LogP contribution in [0.5, 0.6) is 0 Å². The summed E-state index contributed by atoms with van der Waals surface area (Å²) < 4.78 is 0. The maximum Gasteiger partial charge on any atom is 0.0714 e. The Kier molecular flexibility index (Phi) is 9.13. The van der Waals surface area contributed by atoms with Gasteiger partial charge < -0.3 is 4.90 Å². The highest BCUT2D eigenvalue weighted by Crippen LogP contribution is 2.60. The quantitative estimate of drug-likeness (QED) is 0.148. The molecule has 0 atom stereocenters. The smallest absolute Gasteiger partial charge is 0.0714 e. The molecule has 64 heavy (non-hydrogen) atoms. The zero-order valence-electron chi connectivity index (χ0n) is 35.3. The van der Waals surface area contributed by atoms with E-state index in [0.29, 0.717) is 0 Å². The molecule has 0 heterocycles. The van der Waals surface area contributed by atoms with Crippen molar-refractivity contribution in [3.05, 3.63) is 283 Å². The molecule has 0 spiro atoms. The Labute approximate surface area is 374 Å². The third-order valence-electron chi connectivity index (χ3n) is 13.4. The van der Waals surface area contributed by atoms with Crippen LogP contribution in [0.2, 0.25) is 0 Å². The van der Waals surface area contributed by atoms with Crippen molar-refractivity contribution in [1.82, 2.24) is 0 Å². The lowest BCUT2D eigenvalue weighted by molar-refractivity contribution is 0.768. The van der Waals surface area contributed by atoms with Crippen LogP contribution in [0.3, 0.4) is 0 Å². The number of fused-ring (bicyclic) bond motifs is 5. The van der Waals surface area contributed by atoms with Gasteiger partial charge in [-0.1, -0.05) is 231 Å². The summed E-state index contributed by atoms with van der Waals surface area (Å²) in [5.41, 5.74) is 17.5. The van der Waals surface area contributed by atoms with Crippen LogP contribution < -0.4 is 4.90 Å². The highest BCUT2D eigenvalue weighted by molar-refractivity contribution is 6.01. The lowest BCUT2D eigenvalue weighted by Crippen LogP contribution is -2.28. The van der Waals surface area contributed by atoms with Gasteiger partial charge in [-0.25, -0.2) is 0 Å². The van der Waals surface area contributed by atoms with E-state index in [0.717, 1.165) is 28.2 Å². The van der Waals surface area contributed by atoms with Gasteiger partial charge in [-0.2, -0.15) is 0 Å². The van der Waals surface area contributed by atoms with Gasteiger partial charge in [-0.15, -0.1) is 0 Å². The van der Waals surface area contributed by atoms with Crippen LogP contribution in [-0.2, 0) is 5.41 Å². The number of rotatable bonds is 8. The van der Waals surface area contributed by atoms with Crippen molar-refractivity contribution in [3.63, 3.8) is 0 Å². The van der Waals surface area contributed by atoms with Gasteiger partial charge in [0.25, 0.3) is 0 Å². The fourth-order valence-corrected chi connectivity index (χ4v) is 10.5. The van der Waals surface area contributed by atoms with E-state index in [9.17, 15) is 0 Å². The van der Waals surface area contributed by atoms with Gasteiger partial charge in [-0.3, -0.25) is 0 Å². The molecule has 1 nitrogen and oxygen atoms in total. The lowest BCUT2D eigenvalue weighted by atomic mass is 9.68. The molecule has 11 aromatic carbocycles. The van der Waals surface area contributed by atoms with Crippen LogP contribution in [0.15, 0.2) is 261 Å². The van der Waals surface area contributed by atoms with E-state index in [2.05, 4.69) is 266 Å². The molecule has 1 aliphatic rings. The Balaban J connectivity index is 1.07. The van der Waals surface area contributed by atoms with Crippen LogP contribution in [0.1, 0.15) is 22.3 Å². The summed E-state index contributed by atoms with van der Waals surface area (Å²) in [5.74, 6) is 0. The Morgan fingerprint density at radius 3 is 1.55 bits per heavy atom. The molecule has 0 bridgehead atoms. The minimum Gasteiger partial charge on any atom is -0.309 e. The Morgan fingerprint density at radius 1 is 0.281 bits per heavy atom. The van der Waals surface area contributed by atoms with Crippen molar-refractivity contribution in [2.75, 3.05) is 4.90 Å². The molecule has 0 amide bonds. The topological polar surface area (TPSA) is 3.24 Å². The maximum atomic E-state index is 2.50. The van der Waals surface area contributed by atoms with Gasteiger partial charge in [0.1, 0.15) is 0 Å². The van der Waals surface area contributed by atoms with Gasteiger partial charge >= 0.3 is 0 Å². The zero-order valence-corrected chi connectivity index (χ0v) is 35.3. The number of hydrogen-bond acceptors (Lipinski definition) is 1. The molecular weight excluding hydrogens is 771 g/mol. The molecule has 1 aliphatic carbocycles. The summed E-state index contributed by atoms with van der Waals surface area (Å²) in [6.45, 7) is 0. The van der Waals surface area contributed by atoms with Crippen molar-refractivity contribution in [1.29, 1.82) is 0 Å². The summed E-state index contributed by atoms with van der Waals surface area (Å²) in [5, 5.41) is 4.99. The first-order chi connectivity index (χ1) is 31.8. The normalized spacial score (nSPS) is 12.5. The largest absolute Gasteiger partial charge is 0.309 e. The van der Waals surface area contributed by atoms with E-state index < -0.39 is 5.41 Å². The van der Waals surface area contributed by atoms with Gasteiger partial charge in [0.15, 0.2) is 0 Å². The minimum atomic E-state index is -0.521. The van der Waals surface area contributed by atoms with Crippen LogP contribution in [0.4, 0.5) is 17.1 Å². The van der Waals surface area contributed by atoms with Gasteiger partial charge in [-0.05, 0) is 108 Å². The first-order valence-corrected chi connectivity index (χ1v) is 22.2. The SMILES string of the molecule is c1ccc(C2(c3ccccc3)c3ccccc3-c3c(N(c4ccc(-c5cccc6ccccc56)cc4)c4ccccc4-c4ccc(-c5ccc6ccccc6c5)cc4)cccc32)cc1. The Bertz CT molecular complexity index is 3430. The second-order valence-corrected chi connectivity index (χ2v) is 16.8. The van der Waals surface area contributed by atoms with Crippen LogP contribution >= 0.6 is 0 Å². The molecule has 0 saturated heterocycles. The van der Waals surface area contributed by atoms with E-state index in [1.807, 2.05) is 0 Å². The third-order valence-corrected chi connectivity index (χ3v) is 13.4. The Morgan fingerprint density at radius 2 is 0.781 bits per heavy atom. The standard InChI is InChI=1S/C63H43N/c1-3-21-51(22-4-1)63(52-23-5-2-6-24-52)58-29-13-11-27-57(58)62-59(63)30-16-32-61(62)64(53-41-39-47(40-42-53)55-28-15-20-46-18-9-10-25-54(46)55)60-31-14-12-26-56(60)48-36-33-45(34-37-48)50-38-35-44-17-7-8-19-49(44)43-50/h1-43H. The Hall–Kier alpha value is -8.26. The van der Waals surface area contributed by atoms with E-state index in [4.69, 9.17) is 0 Å². The van der Waals surface area contributed by atoms with Gasteiger partial charge in [0.2, 0.25) is 0 Å². The summed E-state index contributed by atoms with van der Waals surface area (Å²) in [6.07, 6.45) is 0. The van der Waals surface area contributed by atoms with E-state index in [1.54, 1.807) is 0 Å². The highest BCUT2D eigenvalue weighted by Gasteiger charge is 2.47. The molecule has 0 saturated carbocycles. The molecule has 0 N–H and O–H groups in total. The fourth-order valence-electron chi connectivity index (χ4n) is 10.5. The number of hydrogen-bond donors (Lipinski definition) is 0. The molecule has 1 heteroatoms. The number of benzene rings is 11. The molecule has 0 unspecified atom stereocenters. The molecular formula is C63H43N. The number of para-hydroxylation sites is 1.